The number of hydrogen-bond donors (Lipinski definition) is 2. The van der Waals surface area contributed by atoms with Crippen molar-refractivity contribution in [1.29, 1.82) is 0 Å². The van der Waals surface area contributed by atoms with Crippen LogP contribution in [0.3, 0.4) is 0 Å². The third kappa shape index (κ3) is 4.48. The van der Waals surface area contributed by atoms with E-state index in [2.05, 4.69) is 22.4 Å². The number of aromatic nitrogens is 2. The number of thiophene rings is 1. The van der Waals surface area contributed by atoms with Crippen molar-refractivity contribution in [2.75, 3.05) is 6.54 Å². The largest absolute Gasteiger partial charge is 0.414 e. The Labute approximate surface area is 168 Å². The molecule has 0 bridgehead atoms. The van der Waals surface area contributed by atoms with Gasteiger partial charge in [-0.3, -0.25) is 4.79 Å². The van der Waals surface area contributed by atoms with Gasteiger partial charge in [0.25, 0.3) is 17.7 Å². The molecule has 0 radical (unpaired) electrons. The standard InChI is InChI=1S/C21H24N4O2S/c1-2-12-25(14-18-23-24-21(27-18)17-9-6-13-28-17)19(15-7-4-3-5-8-15)20(26)22-16-10-11-16/h3-9,13,16,19H,2,10-12,14H2,1H3,(H,22,26)/p+1/t19-/m0/s1. The van der Waals surface area contributed by atoms with Crippen molar-refractivity contribution in [3.63, 3.8) is 0 Å². The fourth-order valence-corrected chi connectivity index (χ4v) is 4.05. The van der Waals surface area contributed by atoms with E-state index in [0.29, 0.717) is 24.4 Å². The Bertz CT molecular complexity index is 890. The summed E-state index contributed by atoms with van der Waals surface area (Å²) in [6, 6.07) is 14.0. The van der Waals surface area contributed by atoms with Crippen LogP contribution < -0.4 is 10.2 Å². The molecule has 2 aromatic heterocycles. The summed E-state index contributed by atoms with van der Waals surface area (Å²) < 4.78 is 5.90. The van der Waals surface area contributed by atoms with E-state index >= 15 is 0 Å². The van der Waals surface area contributed by atoms with Crippen molar-refractivity contribution in [2.24, 2.45) is 0 Å². The van der Waals surface area contributed by atoms with Gasteiger partial charge in [-0.1, -0.05) is 43.3 Å². The Balaban J connectivity index is 1.58. The highest BCUT2D eigenvalue weighted by Gasteiger charge is 2.35. The average molecular weight is 398 g/mol. The molecule has 28 heavy (non-hydrogen) atoms. The maximum atomic E-state index is 13.1. The number of quaternary nitrogens is 1. The lowest BCUT2D eigenvalue weighted by molar-refractivity contribution is -0.936. The number of nitrogens with one attached hydrogen (secondary N) is 2. The van der Waals surface area contributed by atoms with Gasteiger partial charge in [0, 0.05) is 11.6 Å². The number of rotatable bonds is 9. The fourth-order valence-electron chi connectivity index (χ4n) is 3.41. The summed E-state index contributed by atoms with van der Waals surface area (Å²) in [6.45, 7) is 3.49. The Hall–Kier alpha value is -2.51. The van der Waals surface area contributed by atoms with Gasteiger partial charge in [0.1, 0.15) is 0 Å². The predicted molar refractivity (Wildman–Crippen MR) is 108 cm³/mol. The summed E-state index contributed by atoms with van der Waals surface area (Å²) in [7, 11) is 0. The van der Waals surface area contributed by atoms with Crippen LogP contribution in [0.1, 0.15) is 43.7 Å². The van der Waals surface area contributed by atoms with Gasteiger partial charge in [0.05, 0.1) is 11.4 Å². The molecule has 0 aliphatic heterocycles. The van der Waals surface area contributed by atoms with Gasteiger partial charge < -0.3 is 14.6 Å². The Kier molecular flexibility index (Phi) is 5.83. The highest BCUT2D eigenvalue weighted by atomic mass is 32.1. The van der Waals surface area contributed by atoms with Crippen LogP contribution >= 0.6 is 11.3 Å². The molecule has 2 heterocycles. The van der Waals surface area contributed by atoms with Gasteiger partial charge in [0.15, 0.2) is 12.6 Å². The maximum Gasteiger partial charge on any atom is 0.283 e. The van der Waals surface area contributed by atoms with Crippen LogP contribution in [0.5, 0.6) is 0 Å². The summed E-state index contributed by atoms with van der Waals surface area (Å²) in [5.41, 5.74) is 1.02. The van der Waals surface area contributed by atoms with Crippen LogP contribution in [0.2, 0.25) is 0 Å². The molecule has 1 unspecified atom stereocenters. The molecular weight excluding hydrogens is 372 g/mol. The van der Waals surface area contributed by atoms with Crippen LogP contribution in [-0.2, 0) is 11.3 Å². The molecule has 1 aliphatic rings. The maximum absolute atomic E-state index is 13.1. The first-order chi connectivity index (χ1) is 13.7. The second kappa shape index (κ2) is 8.67. The Morgan fingerprint density at radius 3 is 2.75 bits per heavy atom. The smallest absolute Gasteiger partial charge is 0.283 e. The van der Waals surface area contributed by atoms with Crippen molar-refractivity contribution in [2.45, 2.75) is 44.8 Å². The average Bonchev–Trinajstić information content (AvgIpc) is 3.17. The number of benzene rings is 1. The van der Waals surface area contributed by atoms with E-state index < -0.39 is 0 Å². The molecule has 6 nitrogen and oxygen atoms in total. The summed E-state index contributed by atoms with van der Waals surface area (Å²) in [6.07, 6.45) is 3.11. The number of hydrogen-bond acceptors (Lipinski definition) is 5. The number of nitrogens with zero attached hydrogens (tertiary/aromatic N) is 2. The lowest BCUT2D eigenvalue weighted by Crippen LogP contribution is -3.12. The molecule has 1 amide bonds. The number of amides is 1. The topological polar surface area (TPSA) is 72.5 Å². The van der Waals surface area contributed by atoms with Gasteiger partial charge in [0.2, 0.25) is 0 Å². The van der Waals surface area contributed by atoms with Crippen molar-refractivity contribution in [1.82, 2.24) is 15.5 Å². The van der Waals surface area contributed by atoms with Gasteiger partial charge in [-0.25, -0.2) is 0 Å². The second-order valence-electron chi connectivity index (χ2n) is 7.19. The van der Waals surface area contributed by atoms with Gasteiger partial charge >= 0.3 is 0 Å². The van der Waals surface area contributed by atoms with Crippen LogP contribution in [0, 0.1) is 0 Å². The molecule has 2 atom stereocenters. The summed E-state index contributed by atoms with van der Waals surface area (Å²) in [5.74, 6) is 1.18. The lowest BCUT2D eigenvalue weighted by Gasteiger charge is -2.27. The highest BCUT2D eigenvalue weighted by molar-refractivity contribution is 7.13. The van der Waals surface area contributed by atoms with E-state index in [1.165, 1.54) is 0 Å². The van der Waals surface area contributed by atoms with E-state index in [9.17, 15) is 4.79 Å². The third-order valence-corrected chi connectivity index (χ3v) is 5.73. The molecule has 1 saturated carbocycles. The molecule has 3 aromatic rings. The molecule has 0 saturated heterocycles. The Morgan fingerprint density at radius 2 is 2.07 bits per heavy atom. The van der Waals surface area contributed by atoms with E-state index in [-0.39, 0.29) is 11.9 Å². The first kappa shape index (κ1) is 18.8. The number of carbonyl (C=O) groups is 1. The summed E-state index contributed by atoms with van der Waals surface area (Å²) in [5, 5.41) is 13.6. The van der Waals surface area contributed by atoms with E-state index in [0.717, 1.165) is 41.1 Å². The fraction of sp³-hybridized carbons (Fsp3) is 0.381. The van der Waals surface area contributed by atoms with Crippen molar-refractivity contribution in [3.05, 3.63) is 59.3 Å². The highest BCUT2D eigenvalue weighted by Crippen LogP contribution is 2.23. The normalized spacial score (nSPS) is 15.9. The predicted octanol–water partition coefficient (Wildman–Crippen LogP) is 2.61. The first-order valence-corrected chi connectivity index (χ1v) is 10.7. The summed E-state index contributed by atoms with van der Waals surface area (Å²) in [4.78, 5) is 15.2. The molecule has 0 spiro atoms. The third-order valence-electron chi connectivity index (χ3n) is 4.88. The second-order valence-corrected chi connectivity index (χ2v) is 8.14. The quantitative estimate of drug-likeness (QED) is 0.582. The molecule has 7 heteroatoms. The minimum absolute atomic E-state index is 0.0788. The van der Waals surface area contributed by atoms with Gasteiger partial charge in [-0.05, 0) is 30.7 Å². The number of carbonyl (C=O) groups excluding carboxylic acids is 1. The van der Waals surface area contributed by atoms with Crippen LogP contribution in [0.15, 0.2) is 52.3 Å². The molecule has 1 fully saturated rings. The van der Waals surface area contributed by atoms with Crippen LogP contribution in [-0.4, -0.2) is 28.7 Å². The lowest BCUT2D eigenvalue weighted by atomic mass is 10.0. The van der Waals surface area contributed by atoms with Gasteiger partial charge in [-0.2, -0.15) is 0 Å². The SMILES string of the molecule is CCC[NH+](Cc1nnc(-c2cccs2)o1)[C@H](C(=O)NC1CC1)c1ccccc1. The zero-order chi connectivity index (χ0) is 19.3. The minimum Gasteiger partial charge on any atom is -0.414 e. The molecular formula is C21H25N4O2S+. The Morgan fingerprint density at radius 1 is 1.25 bits per heavy atom. The van der Waals surface area contributed by atoms with Gasteiger partial charge in [-0.15, -0.1) is 21.5 Å². The van der Waals surface area contributed by atoms with Crippen LogP contribution in [0.25, 0.3) is 10.8 Å². The van der Waals surface area contributed by atoms with Crippen molar-refractivity contribution in [3.8, 4) is 10.8 Å². The molecule has 1 aromatic carbocycles. The zero-order valence-electron chi connectivity index (χ0n) is 15.9. The summed E-state index contributed by atoms with van der Waals surface area (Å²) >= 11 is 1.57. The minimum atomic E-state index is -0.293. The molecule has 1 aliphatic carbocycles. The van der Waals surface area contributed by atoms with Crippen LogP contribution in [0.4, 0.5) is 0 Å². The van der Waals surface area contributed by atoms with Crippen molar-refractivity contribution >= 4 is 17.2 Å². The molecule has 2 N–H and O–H groups in total. The monoisotopic (exact) mass is 397 g/mol. The van der Waals surface area contributed by atoms with Crippen molar-refractivity contribution < 1.29 is 14.1 Å². The zero-order valence-corrected chi connectivity index (χ0v) is 16.7. The first-order valence-electron chi connectivity index (χ1n) is 9.80. The van der Waals surface area contributed by atoms with E-state index in [4.69, 9.17) is 4.42 Å². The van der Waals surface area contributed by atoms with E-state index in [1.807, 2.05) is 47.8 Å². The molecule has 4 rings (SSSR count). The molecule has 146 valence electrons. The van der Waals surface area contributed by atoms with E-state index in [1.54, 1.807) is 11.3 Å².